The molecule has 2 N–H and O–H groups in total. The van der Waals surface area contributed by atoms with Crippen molar-refractivity contribution in [3.63, 3.8) is 0 Å². The molecule has 1 heterocycles. The number of hydrogen-bond acceptors (Lipinski definition) is 4. The van der Waals surface area contributed by atoms with Gasteiger partial charge in [-0.05, 0) is 48.0 Å². The molecule has 5 nitrogen and oxygen atoms in total. The molecule has 0 radical (unpaired) electrons. The van der Waals surface area contributed by atoms with Gasteiger partial charge >= 0.3 is 0 Å². The van der Waals surface area contributed by atoms with E-state index in [2.05, 4.69) is 15.6 Å². The van der Waals surface area contributed by atoms with Gasteiger partial charge in [0.2, 0.25) is 0 Å². The number of methoxy groups -OCH3 is 1. The summed E-state index contributed by atoms with van der Waals surface area (Å²) >= 11 is 5.97. The highest BCUT2D eigenvalue weighted by molar-refractivity contribution is 6.31. The number of halogens is 2. The van der Waals surface area contributed by atoms with Crippen molar-refractivity contribution in [1.29, 1.82) is 0 Å². The summed E-state index contributed by atoms with van der Waals surface area (Å²) in [5.74, 6) is -0.141. The number of benzene rings is 2. The molecule has 3 aromatic rings. The number of aromatic nitrogens is 1. The number of amides is 1. The van der Waals surface area contributed by atoms with Crippen LogP contribution in [-0.2, 0) is 6.54 Å². The molecular weight excluding hydrogens is 369 g/mol. The van der Waals surface area contributed by atoms with Crippen molar-refractivity contribution in [1.82, 2.24) is 4.98 Å². The molecule has 0 bridgehead atoms. The maximum atomic E-state index is 12.9. The van der Waals surface area contributed by atoms with Crippen LogP contribution in [0.4, 0.5) is 15.8 Å². The fourth-order valence-corrected chi connectivity index (χ4v) is 2.58. The van der Waals surface area contributed by atoms with Crippen LogP contribution in [0.2, 0.25) is 5.02 Å². The van der Waals surface area contributed by atoms with Gasteiger partial charge in [0.15, 0.2) is 0 Å². The summed E-state index contributed by atoms with van der Waals surface area (Å²) < 4.78 is 18.1. The van der Waals surface area contributed by atoms with Gasteiger partial charge in [-0.1, -0.05) is 23.7 Å². The van der Waals surface area contributed by atoms with E-state index in [9.17, 15) is 9.18 Å². The standard InChI is InChI=1S/C20H17ClFN3O2/c1-27-19-9-4-14(21)10-18(19)25-20(26)17-8-7-16(12-24-17)23-11-13-2-5-15(22)6-3-13/h2-10,12,23H,11H2,1H3,(H,25,26). The monoisotopic (exact) mass is 385 g/mol. The second kappa shape index (κ2) is 8.51. The Morgan fingerprint density at radius 3 is 2.59 bits per heavy atom. The largest absolute Gasteiger partial charge is 0.495 e. The predicted octanol–water partition coefficient (Wildman–Crippen LogP) is 4.75. The number of anilines is 2. The Kier molecular flexibility index (Phi) is 5.88. The number of nitrogens with one attached hydrogen (secondary N) is 2. The van der Waals surface area contributed by atoms with E-state index in [1.807, 2.05) is 0 Å². The SMILES string of the molecule is COc1ccc(Cl)cc1NC(=O)c1ccc(NCc2ccc(F)cc2)cn1. The zero-order valence-corrected chi connectivity index (χ0v) is 15.3. The number of carbonyl (C=O) groups excluding carboxylic acids is 1. The van der Waals surface area contributed by atoms with Gasteiger partial charge in [-0.2, -0.15) is 0 Å². The van der Waals surface area contributed by atoms with Crippen molar-refractivity contribution in [2.75, 3.05) is 17.7 Å². The number of pyridine rings is 1. The topological polar surface area (TPSA) is 63.2 Å². The Morgan fingerprint density at radius 1 is 1.15 bits per heavy atom. The number of ether oxygens (including phenoxy) is 1. The van der Waals surface area contributed by atoms with Crippen LogP contribution in [0.25, 0.3) is 0 Å². The predicted molar refractivity (Wildman–Crippen MR) is 104 cm³/mol. The normalized spacial score (nSPS) is 10.3. The van der Waals surface area contributed by atoms with Gasteiger partial charge in [-0.25, -0.2) is 9.37 Å². The van der Waals surface area contributed by atoms with Crippen LogP contribution in [0.1, 0.15) is 16.1 Å². The first kappa shape index (κ1) is 18.7. The van der Waals surface area contributed by atoms with E-state index in [1.54, 1.807) is 48.7 Å². The Hall–Kier alpha value is -3.12. The van der Waals surface area contributed by atoms with E-state index in [1.165, 1.54) is 19.2 Å². The first-order valence-electron chi connectivity index (χ1n) is 8.14. The van der Waals surface area contributed by atoms with Crippen molar-refractivity contribution in [2.45, 2.75) is 6.54 Å². The lowest BCUT2D eigenvalue weighted by Gasteiger charge is -2.11. The number of nitrogens with zero attached hydrogens (tertiary/aromatic N) is 1. The van der Waals surface area contributed by atoms with Crippen LogP contribution in [0.15, 0.2) is 60.8 Å². The molecule has 0 spiro atoms. The van der Waals surface area contributed by atoms with E-state index in [-0.39, 0.29) is 17.4 Å². The third-order valence-corrected chi connectivity index (χ3v) is 4.05. The molecule has 7 heteroatoms. The Balaban J connectivity index is 1.63. The molecule has 0 aliphatic heterocycles. The fourth-order valence-electron chi connectivity index (χ4n) is 2.40. The lowest BCUT2D eigenvalue weighted by atomic mass is 10.2. The molecule has 0 saturated carbocycles. The average Bonchev–Trinajstić information content (AvgIpc) is 2.68. The van der Waals surface area contributed by atoms with Crippen molar-refractivity contribution < 1.29 is 13.9 Å². The van der Waals surface area contributed by atoms with Gasteiger partial charge < -0.3 is 15.4 Å². The van der Waals surface area contributed by atoms with E-state index < -0.39 is 0 Å². The number of hydrogen-bond donors (Lipinski definition) is 2. The minimum atomic E-state index is -0.374. The summed E-state index contributed by atoms with van der Waals surface area (Å²) in [5.41, 5.74) is 2.40. The molecule has 3 rings (SSSR count). The second-order valence-electron chi connectivity index (χ2n) is 5.71. The van der Waals surface area contributed by atoms with Crippen LogP contribution in [0.5, 0.6) is 5.75 Å². The number of rotatable bonds is 6. The van der Waals surface area contributed by atoms with Crippen molar-refractivity contribution in [3.8, 4) is 5.75 Å². The van der Waals surface area contributed by atoms with Crippen molar-refractivity contribution in [3.05, 3.63) is 82.9 Å². The maximum absolute atomic E-state index is 12.9. The molecule has 138 valence electrons. The molecular formula is C20H17ClFN3O2. The fraction of sp³-hybridized carbons (Fsp3) is 0.100. The van der Waals surface area contributed by atoms with E-state index in [4.69, 9.17) is 16.3 Å². The van der Waals surface area contributed by atoms with Gasteiger partial charge in [0.05, 0.1) is 24.7 Å². The zero-order chi connectivity index (χ0) is 19.2. The van der Waals surface area contributed by atoms with Crippen LogP contribution < -0.4 is 15.4 Å². The summed E-state index contributed by atoms with van der Waals surface area (Å²) in [7, 11) is 1.51. The minimum Gasteiger partial charge on any atom is -0.495 e. The lowest BCUT2D eigenvalue weighted by molar-refractivity contribution is 0.102. The van der Waals surface area contributed by atoms with Crippen molar-refractivity contribution in [2.24, 2.45) is 0 Å². The summed E-state index contributed by atoms with van der Waals surface area (Å²) in [6.07, 6.45) is 1.56. The summed E-state index contributed by atoms with van der Waals surface area (Å²) in [5, 5.41) is 6.39. The Bertz CT molecular complexity index is 931. The third kappa shape index (κ3) is 4.95. The van der Waals surface area contributed by atoms with Crippen LogP contribution in [0, 0.1) is 5.82 Å². The van der Waals surface area contributed by atoms with Gasteiger partial charge in [0.1, 0.15) is 17.3 Å². The summed E-state index contributed by atoms with van der Waals surface area (Å²) in [6.45, 7) is 0.521. The first-order chi connectivity index (χ1) is 13.0. The smallest absolute Gasteiger partial charge is 0.274 e. The Labute approximate surface area is 161 Å². The van der Waals surface area contributed by atoms with Crippen LogP contribution in [-0.4, -0.2) is 18.0 Å². The quantitative estimate of drug-likeness (QED) is 0.643. The highest BCUT2D eigenvalue weighted by atomic mass is 35.5. The molecule has 0 unspecified atom stereocenters. The third-order valence-electron chi connectivity index (χ3n) is 3.82. The maximum Gasteiger partial charge on any atom is 0.274 e. The first-order valence-corrected chi connectivity index (χ1v) is 8.52. The molecule has 1 aromatic heterocycles. The molecule has 27 heavy (non-hydrogen) atoms. The van der Waals surface area contributed by atoms with Gasteiger partial charge in [-0.3, -0.25) is 4.79 Å². The molecule has 0 aliphatic rings. The minimum absolute atomic E-state index is 0.254. The average molecular weight is 386 g/mol. The van der Waals surface area contributed by atoms with Crippen LogP contribution >= 0.6 is 11.6 Å². The number of carbonyl (C=O) groups is 1. The highest BCUT2D eigenvalue weighted by Crippen LogP contribution is 2.28. The molecule has 1 amide bonds. The van der Waals surface area contributed by atoms with Gasteiger partial charge in [0, 0.05) is 11.6 Å². The van der Waals surface area contributed by atoms with E-state index >= 15 is 0 Å². The second-order valence-corrected chi connectivity index (χ2v) is 6.15. The molecule has 0 saturated heterocycles. The molecule has 0 aliphatic carbocycles. The van der Waals surface area contributed by atoms with E-state index in [0.717, 1.165) is 11.3 Å². The van der Waals surface area contributed by atoms with E-state index in [0.29, 0.717) is 23.0 Å². The van der Waals surface area contributed by atoms with Crippen LogP contribution in [0.3, 0.4) is 0 Å². The summed E-state index contributed by atoms with van der Waals surface area (Å²) in [6, 6.07) is 14.5. The summed E-state index contributed by atoms with van der Waals surface area (Å²) in [4.78, 5) is 16.6. The van der Waals surface area contributed by atoms with Gasteiger partial charge in [0.25, 0.3) is 5.91 Å². The Morgan fingerprint density at radius 2 is 1.93 bits per heavy atom. The zero-order valence-electron chi connectivity index (χ0n) is 14.5. The van der Waals surface area contributed by atoms with Crippen molar-refractivity contribution >= 4 is 28.9 Å². The molecule has 0 atom stereocenters. The van der Waals surface area contributed by atoms with Gasteiger partial charge in [-0.15, -0.1) is 0 Å². The molecule has 2 aromatic carbocycles. The lowest BCUT2D eigenvalue weighted by Crippen LogP contribution is -2.14. The molecule has 0 fully saturated rings. The highest BCUT2D eigenvalue weighted by Gasteiger charge is 2.11.